The Kier molecular flexibility index (Phi) is 7.36. The van der Waals surface area contributed by atoms with E-state index in [4.69, 9.17) is 9.97 Å². The van der Waals surface area contributed by atoms with Gasteiger partial charge in [-0.05, 0) is 58.7 Å². The van der Waals surface area contributed by atoms with Crippen molar-refractivity contribution in [1.29, 1.82) is 0 Å². The third kappa shape index (κ3) is 5.27. The molecule has 1 aliphatic heterocycles. The fraction of sp³-hybridized carbons (Fsp3) is 0.500. The molecule has 0 spiro atoms. The number of carbonyl (C=O) groups is 2. The number of aromatic nitrogens is 2. The molecule has 6 nitrogen and oxygen atoms in total. The molecule has 0 aliphatic carbocycles. The number of likely N-dealkylation sites (N-methyl/N-ethyl adjacent to an activating group) is 1. The van der Waals surface area contributed by atoms with Gasteiger partial charge < -0.3 is 9.80 Å². The number of nitrogens with zero attached hydrogens (tertiary/aromatic N) is 4. The maximum absolute atomic E-state index is 13.5. The van der Waals surface area contributed by atoms with Crippen LogP contribution in [0.5, 0.6) is 0 Å². The first-order valence-electron chi connectivity index (χ1n) is 11.0. The summed E-state index contributed by atoms with van der Waals surface area (Å²) in [4.78, 5) is 38.4. The second kappa shape index (κ2) is 9.98. The maximum Gasteiger partial charge on any atom is 0.253 e. The van der Waals surface area contributed by atoms with Gasteiger partial charge in [-0.1, -0.05) is 6.07 Å². The van der Waals surface area contributed by atoms with E-state index in [1.54, 1.807) is 17.0 Å². The first-order chi connectivity index (χ1) is 14.8. The average Bonchev–Trinajstić information content (AvgIpc) is 2.76. The van der Waals surface area contributed by atoms with Gasteiger partial charge in [0, 0.05) is 54.6 Å². The van der Waals surface area contributed by atoms with Gasteiger partial charge in [0.25, 0.3) is 5.91 Å². The lowest BCUT2D eigenvalue weighted by Gasteiger charge is -2.32. The standard InChI is InChI=1S/C24H31FN4O2/c1-5-28(6-2)22(30)14-21-16(3)26-23(27-17(21)4)19-10-8-12-29(15-19)24(31)18-9-7-11-20(25)13-18/h7,9,11,13,19H,5-6,8,10,12,14-15H2,1-4H3/t19-/m1/s1. The largest absolute Gasteiger partial charge is 0.343 e. The number of hydrogen-bond donors (Lipinski definition) is 0. The molecule has 0 unspecified atom stereocenters. The fourth-order valence-electron chi connectivity index (χ4n) is 4.22. The van der Waals surface area contributed by atoms with Gasteiger partial charge in [0.05, 0.1) is 6.42 Å². The van der Waals surface area contributed by atoms with Crippen molar-refractivity contribution in [2.45, 2.75) is 52.9 Å². The number of aryl methyl sites for hydroxylation is 2. The molecule has 0 bridgehead atoms. The Morgan fingerprint density at radius 3 is 2.45 bits per heavy atom. The van der Waals surface area contributed by atoms with Crippen LogP contribution in [0, 0.1) is 19.7 Å². The molecule has 31 heavy (non-hydrogen) atoms. The van der Waals surface area contributed by atoms with Crippen LogP contribution in [0.25, 0.3) is 0 Å². The smallest absolute Gasteiger partial charge is 0.253 e. The fourth-order valence-corrected chi connectivity index (χ4v) is 4.22. The van der Waals surface area contributed by atoms with Crippen molar-refractivity contribution < 1.29 is 14.0 Å². The number of hydrogen-bond acceptors (Lipinski definition) is 4. The first kappa shape index (κ1) is 22.8. The minimum absolute atomic E-state index is 0.0243. The molecule has 1 aromatic carbocycles. The van der Waals surface area contributed by atoms with E-state index in [9.17, 15) is 14.0 Å². The number of carbonyl (C=O) groups excluding carboxylic acids is 2. The van der Waals surface area contributed by atoms with Crippen LogP contribution in [-0.2, 0) is 11.2 Å². The van der Waals surface area contributed by atoms with Gasteiger partial charge in [0.15, 0.2) is 0 Å². The summed E-state index contributed by atoms with van der Waals surface area (Å²) in [6.07, 6.45) is 2.04. The third-order valence-electron chi connectivity index (χ3n) is 6.03. The molecule has 2 amide bonds. The van der Waals surface area contributed by atoms with E-state index in [-0.39, 0.29) is 17.7 Å². The van der Waals surface area contributed by atoms with E-state index in [0.29, 0.717) is 44.0 Å². The molecule has 3 rings (SSSR count). The van der Waals surface area contributed by atoms with Crippen molar-refractivity contribution >= 4 is 11.8 Å². The van der Waals surface area contributed by atoms with E-state index in [1.165, 1.54) is 12.1 Å². The molecule has 0 radical (unpaired) electrons. The van der Waals surface area contributed by atoms with Gasteiger partial charge in [0.1, 0.15) is 11.6 Å². The topological polar surface area (TPSA) is 66.4 Å². The molecule has 1 aliphatic rings. The number of piperidine rings is 1. The number of halogens is 1. The van der Waals surface area contributed by atoms with Crippen molar-refractivity contribution in [3.8, 4) is 0 Å². The number of likely N-dealkylation sites (tertiary alicyclic amines) is 1. The molecule has 1 aromatic heterocycles. The first-order valence-corrected chi connectivity index (χ1v) is 11.0. The Balaban J connectivity index is 1.76. The minimum Gasteiger partial charge on any atom is -0.343 e. The summed E-state index contributed by atoms with van der Waals surface area (Å²) in [5, 5.41) is 0. The summed E-state index contributed by atoms with van der Waals surface area (Å²) < 4.78 is 13.5. The van der Waals surface area contributed by atoms with Crippen molar-refractivity contribution in [3.05, 3.63) is 58.4 Å². The summed E-state index contributed by atoms with van der Waals surface area (Å²) in [5.41, 5.74) is 2.87. The van der Waals surface area contributed by atoms with Crippen molar-refractivity contribution in [2.75, 3.05) is 26.2 Å². The Morgan fingerprint density at radius 2 is 1.84 bits per heavy atom. The minimum atomic E-state index is -0.413. The monoisotopic (exact) mass is 426 g/mol. The normalized spacial score (nSPS) is 16.3. The van der Waals surface area contributed by atoms with Gasteiger partial charge in [-0.25, -0.2) is 14.4 Å². The zero-order chi connectivity index (χ0) is 22.5. The van der Waals surface area contributed by atoms with Crippen LogP contribution in [0.1, 0.15) is 65.7 Å². The highest BCUT2D eigenvalue weighted by Gasteiger charge is 2.28. The lowest BCUT2D eigenvalue weighted by molar-refractivity contribution is -0.130. The molecule has 0 saturated carbocycles. The number of benzene rings is 1. The zero-order valence-corrected chi connectivity index (χ0v) is 18.8. The quantitative estimate of drug-likeness (QED) is 0.707. The van der Waals surface area contributed by atoms with E-state index in [1.807, 2.05) is 32.6 Å². The molecule has 1 atom stereocenters. The Morgan fingerprint density at radius 1 is 1.16 bits per heavy atom. The zero-order valence-electron chi connectivity index (χ0n) is 18.8. The van der Waals surface area contributed by atoms with Crippen molar-refractivity contribution in [2.24, 2.45) is 0 Å². The van der Waals surface area contributed by atoms with Gasteiger partial charge in [-0.3, -0.25) is 9.59 Å². The van der Waals surface area contributed by atoms with Crippen LogP contribution < -0.4 is 0 Å². The SMILES string of the molecule is CCN(CC)C(=O)Cc1c(C)nc([C@@H]2CCCN(C(=O)c3cccc(F)c3)C2)nc1C. The van der Waals surface area contributed by atoms with Crippen LogP contribution >= 0.6 is 0 Å². The lowest BCUT2D eigenvalue weighted by Crippen LogP contribution is -2.39. The second-order valence-electron chi connectivity index (χ2n) is 8.07. The highest BCUT2D eigenvalue weighted by molar-refractivity contribution is 5.94. The summed E-state index contributed by atoms with van der Waals surface area (Å²) in [7, 11) is 0. The molecule has 2 aromatic rings. The Hall–Kier alpha value is -2.83. The summed E-state index contributed by atoms with van der Waals surface area (Å²) in [5.74, 6) is 0.238. The van der Waals surface area contributed by atoms with E-state index in [0.717, 1.165) is 29.8 Å². The highest BCUT2D eigenvalue weighted by Crippen LogP contribution is 2.27. The predicted octanol–water partition coefficient (Wildman–Crippen LogP) is 3.66. The predicted molar refractivity (Wildman–Crippen MR) is 117 cm³/mol. The molecular formula is C24H31FN4O2. The second-order valence-corrected chi connectivity index (χ2v) is 8.07. The summed E-state index contributed by atoms with van der Waals surface area (Å²) in [6, 6.07) is 5.81. The number of rotatable bonds is 6. The van der Waals surface area contributed by atoms with E-state index < -0.39 is 5.82 Å². The third-order valence-corrected chi connectivity index (χ3v) is 6.03. The Bertz CT molecular complexity index is 935. The van der Waals surface area contributed by atoms with Gasteiger partial charge in [-0.2, -0.15) is 0 Å². The van der Waals surface area contributed by atoms with E-state index >= 15 is 0 Å². The Labute approximate surface area is 183 Å². The van der Waals surface area contributed by atoms with E-state index in [2.05, 4.69) is 0 Å². The molecule has 7 heteroatoms. The number of amides is 2. The molecule has 0 N–H and O–H groups in total. The van der Waals surface area contributed by atoms with Gasteiger partial charge in [-0.15, -0.1) is 0 Å². The van der Waals surface area contributed by atoms with Gasteiger partial charge in [0.2, 0.25) is 5.91 Å². The summed E-state index contributed by atoms with van der Waals surface area (Å²) in [6.45, 7) is 10.3. The van der Waals surface area contributed by atoms with Crippen LogP contribution in [-0.4, -0.2) is 57.8 Å². The molecular weight excluding hydrogens is 395 g/mol. The molecule has 1 saturated heterocycles. The van der Waals surface area contributed by atoms with Crippen LogP contribution in [0.4, 0.5) is 4.39 Å². The van der Waals surface area contributed by atoms with Crippen LogP contribution in [0.15, 0.2) is 24.3 Å². The van der Waals surface area contributed by atoms with Gasteiger partial charge >= 0.3 is 0 Å². The average molecular weight is 427 g/mol. The molecule has 166 valence electrons. The van der Waals surface area contributed by atoms with Crippen molar-refractivity contribution in [1.82, 2.24) is 19.8 Å². The van der Waals surface area contributed by atoms with Crippen molar-refractivity contribution in [3.63, 3.8) is 0 Å². The van der Waals surface area contributed by atoms with Crippen LogP contribution in [0.2, 0.25) is 0 Å². The molecule has 2 heterocycles. The molecule has 1 fully saturated rings. The highest BCUT2D eigenvalue weighted by atomic mass is 19.1. The lowest BCUT2D eigenvalue weighted by atomic mass is 9.95. The summed E-state index contributed by atoms with van der Waals surface area (Å²) >= 11 is 0. The maximum atomic E-state index is 13.5. The van der Waals surface area contributed by atoms with Crippen LogP contribution in [0.3, 0.4) is 0 Å².